The Balaban J connectivity index is 0.00000320. The standard InChI is InChI=1S/C20H28N4O3S2.HI/c1-2-21-20(22-12-13-23-29(25,26)19-9-6-16-28-19)24-14-10-18(11-15-24)27-17-7-4-3-5-8-17;/h3-9,16,18,23H,2,10-15H2,1H3,(H,21,22);1H. The normalized spacial score (nSPS) is 15.5. The van der Waals surface area contributed by atoms with Crippen LogP contribution in [0.2, 0.25) is 0 Å². The third-order valence-electron chi connectivity index (χ3n) is 4.55. The third kappa shape index (κ3) is 7.40. The number of nitrogens with one attached hydrogen (secondary N) is 2. The van der Waals surface area contributed by atoms with Crippen molar-refractivity contribution >= 4 is 51.3 Å². The molecule has 0 bridgehead atoms. The first-order valence-electron chi connectivity index (χ1n) is 9.86. The Morgan fingerprint density at radius 3 is 2.57 bits per heavy atom. The van der Waals surface area contributed by atoms with E-state index in [0.717, 1.165) is 44.2 Å². The molecule has 0 saturated carbocycles. The Kier molecular flexibility index (Phi) is 10.4. The van der Waals surface area contributed by atoms with Gasteiger partial charge in [0, 0.05) is 39.0 Å². The number of sulfonamides is 1. The summed E-state index contributed by atoms with van der Waals surface area (Å²) in [5, 5.41) is 5.05. The number of nitrogens with zero attached hydrogens (tertiary/aromatic N) is 2. The Labute approximate surface area is 200 Å². The van der Waals surface area contributed by atoms with Gasteiger partial charge in [-0.25, -0.2) is 13.1 Å². The summed E-state index contributed by atoms with van der Waals surface area (Å²) in [5.74, 6) is 1.73. The first kappa shape index (κ1) is 24.9. The highest BCUT2D eigenvalue weighted by atomic mass is 127. The van der Waals surface area contributed by atoms with E-state index in [0.29, 0.717) is 10.8 Å². The number of likely N-dealkylation sites (tertiary alicyclic amines) is 1. The van der Waals surface area contributed by atoms with Crippen LogP contribution >= 0.6 is 35.3 Å². The molecule has 0 aliphatic carbocycles. The summed E-state index contributed by atoms with van der Waals surface area (Å²) in [6, 6.07) is 13.2. The Morgan fingerprint density at radius 2 is 1.93 bits per heavy atom. The molecule has 0 spiro atoms. The summed E-state index contributed by atoms with van der Waals surface area (Å²) in [4.78, 5) is 6.81. The summed E-state index contributed by atoms with van der Waals surface area (Å²) >= 11 is 1.21. The average Bonchev–Trinajstić information content (AvgIpc) is 3.28. The summed E-state index contributed by atoms with van der Waals surface area (Å²) in [6.07, 6.45) is 2.04. The van der Waals surface area contributed by atoms with Crippen LogP contribution < -0.4 is 14.8 Å². The van der Waals surface area contributed by atoms with Crippen LogP contribution in [0, 0.1) is 0 Å². The predicted molar refractivity (Wildman–Crippen MR) is 133 cm³/mol. The van der Waals surface area contributed by atoms with Gasteiger partial charge >= 0.3 is 0 Å². The van der Waals surface area contributed by atoms with Crippen molar-refractivity contribution in [1.29, 1.82) is 0 Å². The molecular formula is C20H29IN4O3S2. The number of piperidine rings is 1. The molecule has 1 saturated heterocycles. The minimum Gasteiger partial charge on any atom is -0.490 e. The monoisotopic (exact) mass is 564 g/mol. The van der Waals surface area contributed by atoms with Crippen molar-refractivity contribution in [1.82, 2.24) is 14.9 Å². The number of aliphatic imine (C=N–C) groups is 1. The van der Waals surface area contributed by atoms with E-state index < -0.39 is 10.0 Å². The van der Waals surface area contributed by atoms with Gasteiger partial charge in [-0.15, -0.1) is 35.3 Å². The van der Waals surface area contributed by atoms with E-state index in [4.69, 9.17) is 4.74 Å². The number of rotatable bonds is 8. The fourth-order valence-corrected chi connectivity index (χ4v) is 5.19. The summed E-state index contributed by atoms with van der Waals surface area (Å²) in [7, 11) is -3.44. The van der Waals surface area contributed by atoms with Gasteiger partial charge in [0.25, 0.3) is 0 Å². The lowest BCUT2D eigenvalue weighted by atomic mass is 10.1. The van der Waals surface area contributed by atoms with Gasteiger partial charge in [0.15, 0.2) is 5.96 Å². The van der Waals surface area contributed by atoms with E-state index in [1.54, 1.807) is 17.5 Å². The number of thiophene rings is 1. The van der Waals surface area contributed by atoms with Crippen LogP contribution in [0.3, 0.4) is 0 Å². The van der Waals surface area contributed by atoms with E-state index in [-0.39, 0.29) is 36.6 Å². The van der Waals surface area contributed by atoms with Crippen LogP contribution in [0.4, 0.5) is 0 Å². The molecule has 1 aromatic carbocycles. The third-order valence-corrected chi connectivity index (χ3v) is 7.41. The zero-order chi connectivity index (χ0) is 20.5. The number of para-hydroxylation sites is 1. The quantitative estimate of drug-likeness (QED) is 0.223. The van der Waals surface area contributed by atoms with Crippen LogP contribution in [-0.2, 0) is 10.0 Å². The number of benzene rings is 1. The highest BCUT2D eigenvalue weighted by Crippen LogP contribution is 2.19. The molecule has 1 aliphatic heterocycles. The molecule has 1 fully saturated rings. The highest BCUT2D eigenvalue weighted by molar-refractivity contribution is 14.0. The van der Waals surface area contributed by atoms with Gasteiger partial charge in [-0.3, -0.25) is 4.99 Å². The lowest BCUT2D eigenvalue weighted by Crippen LogP contribution is -2.47. The highest BCUT2D eigenvalue weighted by Gasteiger charge is 2.22. The molecule has 166 valence electrons. The molecule has 2 heterocycles. The summed E-state index contributed by atoms with van der Waals surface area (Å²) in [6.45, 7) is 5.14. The van der Waals surface area contributed by atoms with Crippen molar-refractivity contribution in [3.8, 4) is 5.75 Å². The zero-order valence-electron chi connectivity index (χ0n) is 17.0. The molecule has 2 aromatic rings. The number of hydrogen-bond acceptors (Lipinski definition) is 5. The van der Waals surface area contributed by atoms with Gasteiger partial charge in [0.05, 0.1) is 6.54 Å². The van der Waals surface area contributed by atoms with Gasteiger partial charge in [0.1, 0.15) is 16.1 Å². The van der Waals surface area contributed by atoms with Crippen LogP contribution in [0.15, 0.2) is 57.0 Å². The van der Waals surface area contributed by atoms with Gasteiger partial charge in [0.2, 0.25) is 10.0 Å². The number of ether oxygens (including phenoxy) is 1. The molecule has 2 N–H and O–H groups in total. The Hall–Kier alpha value is -1.37. The van der Waals surface area contributed by atoms with Gasteiger partial charge < -0.3 is 15.0 Å². The number of hydrogen-bond donors (Lipinski definition) is 2. The van der Waals surface area contributed by atoms with Gasteiger partial charge in [-0.2, -0.15) is 0 Å². The van der Waals surface area contributed by atoms with Crippen LogP contribution in [-0.4, -0.2) is 58.1 Å². The maximum absolute atomic E-state index is 12.2. The smallest absolute Gasteiger partial charge is 0.250 e. The largest absolute Gasteiger partial charge is 0.490 e. The molecule has 0 unspecified atom stereocenters. The second kappa shape index (κ2) is 12.5. The van der Waals surface area contributed by atoms with Crippen LogP contribution in [0.25, 0.3) is 0 Å². The first-order valence-corrected chi connectivity index (χ1v) is 12.2. The maximum Gasteiger partial charge on any atom is 0.250 e. The molecule has 0 atom stereocenters. The molecule has 7 nitrogen and oxygen atoms in total. The van der Waals surface area contributed by atoms with Crippen molar-refractivity contribution in [2.45, 2.75) is 30.1 Å². The number of halogens is 1. The van der Waals surface area contributed by atoms with E-state index >= 15 is 0 Å². The van der Waals surface area contributed by atoms with E-state index in [9.17, 15) is 8.42 Å². The van der Waals surface area contributed by atoms with Crippen molar-refractivity contribution in [3.05, 3.63) is 47.8 Å². The van der Waals surface area contributed by atoms with Crippen molar-refractivity contribution in [2.75, 3.05) is 32.7 Å². The average molecular weight is 565 g/mol. The van der Waals surface area contributed by atoms with Crippen molar-refractivity contribution in [3.63, 3.8) is 0 Å². The lowest BCUT2D eigenvalue weighted by Gasteiger charge is -2.34. The van der Waals surface area contributed by atoms with E-state index in [1.165, 1.54) is 11.3 Å². The Bertz CT molecular complexity index is 869. The van der Waals surface area contributed by atoms with E-state index in [1.807, 2.05) is 37.3 Å². The number of guanidine groups is 1. The van der Waals surface area contributed by atoms with E-state index in [2.05, 4.69) is 19.9 Å². The minimum absolute atomic E-state index is 0. The second-order valence-electron chi connectivity index (χ2n) is 6.68. The van der Waals surface area contributed by atoms with Gasteiger partial charge in [-0.1, -0.05) is 24.3 Å². The zero-order valence-corrected chi connectivity index (χ0v) is 21.0. The predicted octanol–water partition coefficient (Wildman–Crippen LogP) is 3.15. The lowest BCUT2D eigenvalue weighted by molar-refractivity contribution is 0.129. The van der Waals surface area contributed by atoms with Crippen LogP contribution in [0.5, 0.6) is 5.75 Å². The van der Waals surface area contributed by atoms with Crippen molar-refractivity contribution in [2.24, 2.45) is 4.99 Å². The summed E-state index contributed by atoms with van der Waals surface area (Å²) in [5.41, 5.74) is 0. The molecule has 1 aliphatic rings. The minimum atomic E-state index is -3.44. The fraction of sp³-hybridized carbons (Fsp3) is 0.450. The molecule has 0 radical (unpaired) electrons. The molecule has 10 heteroatoms. The summed E-state index contributed by atoms with van der Waals surface area (Å²) < 4.78 is 33.3. The molecule has 0 amide bonds. The van der Waals surface area contributed by atoms with Crippen molar-refractivity contribution < 1.29 is 13.2 Å². The van der Waals surface area contributed by atoms with Crippen LogP contribution in [0.1, 0.15) is 19.8 Å². The maximum atomic E-state index is 12.2. The second-order valence-corrected chi connectivity index (χ2v) is 9.62. The fourth-order valence-electron chi connectivity index (χ4n) is 3.13. The topological polar surface area (TPSA) is 83.0 Å². The SMILES string of the molecule is CCNC(=NCCNS(=O)(=O)c1cccs1)N1CCC(Oc2ccccc2)CC1.I. The molecule has 3 rings (SSSR count). The van der Waals surface area contributed by atoms with Gasteiger partial charge in [-0.05, 0) is 30.5 Å². The molecule has 1 aromatic heterocycles. The molecule has 30 heavy (non-hydrogen) atoms. The first-order chi connectivity index (χ1) is 14.1. The Morgan fingerprint density at radius 1 is 1.20 bits per heavy atom. The molecular weight excluding hydrogens is 535 g/mol.